The van der Waals surface area contributed by atoms with Crippen LogP contribution in [0.4, 0.5) is 18.9 Å². The lowest BCUT2D eigenvalue weighted by Gasteiger charge is -2.12. The molecule has 0 aliphatic carbocycles. The zero-order chi connectivity index (χ0) is 17.3. The van der Waals surface area contributed by atoms with Gasteiger partial charge in [0.05, 0.1) is 16.7 Å². The molecule has 0 saturated heterocycles. The van der Waals surface area contributed by atoms with E-state index in [1.54, 1.807) is 18.2 Å². The number of benzene rings is 1. The van der Waals surface area contributed by atoms with Gasteiger partial charge in [-0.25, -0.2) is 9.97 Å². The number of amides is 1. The number of fused-ring (bicyclic) bond motifs is 1. The Morgan fingerprint density at radius 2 is 1.96 bits per heavy atom. The lowest BCUT2D eigenvalue weighted by Crippen LogP contribution is -2.23. The Morgan fingerprint density at radius 1 is 1.21 bits per heavy atom. The molecule has 2 aromatic heterocycles. The van der Waals surface area contributed by atoms with E-state index in [0.29, 0.717) is 0 Å². The second kappa shape index (κ2) is 6.12. The number of para-hydroxylation sites is 2. The van der Waals surface area contributed by atoms with Crippen LogP contribution in [-0.2, 0) is 17.5 Å². The second-order valence-electron chi connectivity index (χ2n) is 4.90. The molecule has 1 aromatic carbocycles. The highest BCUT2D eigenvalue weighted by Gasteiger charge is 2.38. The molecule has 0 aliphatic heterocycles. The molecule has 0 unspecified atom stereocenters. The summed E-state index contributed by atoms with van der Waals surface area (Å²) in [5.41, 5.74) is 0.608. The third kappa shape index (κ3) is 3.18. The zero-order valence-electron chi connectivity index (χ0n) is 12.0. The van der Waals surface area contributed by atoms with Crippen molar-refractivity contribution in [1.82, 2.24) is 14.5 Å². The lowest BCUT2D eigenvalue weighted by molar-refractivity contribution is -0.147. The number of imidazole rings is 1. The fourth-order valence-electron chi connectivity index (χ4n) is 2.26. The number of carbonyl (C=O) groups is 1. The number of halogens is 4. The van der Waals surface area contributed by atoms with Gasteiger partial charge in [0.1, 0.15) is 6.54 Å². The van der Waals surface area contributed by atoms with E-state index in [1.807, 2.05) is 0 Å². The number of alkyl halides is 3. The minimum absolute atomic E-state index is 0.0531. The monoisotopic (exact) mass is 354 g/mol. The quantitative estimate of drug-likeness (QED) is 0.729. The molecule has 0 saturated carbocycles. The third-order valence-electron chi connectivity index (χ3n) is 3.24. The molecule has 0 radical (unpaired) electrons. The summed E-state index contributed by atoms with van der Waals surface area (Å²) >= 11 is 5.82. The van der Waals surface area contributed by atoms with Crippen LogP contribution in [0.3, 0.4) is 0 Å². The van der Waals surface area contributed by atoms with E-state index in [4.69, 9.17) is 11.6 Å². The highest BCUT2D eigenvalue weighted by molar-refractivity contribution is 6.32. The van der Waals surface area contributed by atoms with E-state index in [-0.39, 0.29) is 21.9 Å². The highest BCUT2D eigenvalue weighted by Crippen LogP contribution is 2.31. The SMILES string of the molecule is O=C(Cn1c(C(F)(F)F)nc2ccccc21)Nc1cccnc1Cl. The molecule has 1 N–H and O–H groups in total. The van der Waals surface area contributed by atoms with Crippen molar-refractivity contribution in [2.75, 3.05) is 5.32 Å². The summed E-state index contributed by atoms with van der Waals surface area (Å²) in [6.45, 7) is -0.555. The van der Waals surface area contributed by atoms with Gasteiger partial charge in [-0.05, 0) is 24.3 Å². The molecule has 3 rings (SSSR count). The Morgan fingerprint density at radius 3 is 2.67 bits per heavy atom. The van der Waals surface area contributed by atoms with E-state index < -0.39 is 24.5 Å². The highest BCUT2D eigenvalue weighted by atomic mass is 35.5. The van der Waals surface area contributed by atoms with Crippen LogP contribution in [0.2, 0.25) is 5.15 Å². The standard InChI is InChI=1S/C15H10ClF3N4O/c16-13-10(5-3-7-20-13)21-12(24)8-23-11-6-2-1-4-9(11)22-14(23)15(17,18)19/h1-7H,8H2,(H,21,24). The molecule has 2 heterocycles. The summed E-state index contributed by atoms with van der Waals surface area (Å²) in [4.78, 5) is 19.5. The predicted octanol–water partition coefficient (Wildman–Crippen LogP) is 3.74. The minimum Gasteiger partial charge on any atom is -0.322 e. The maximum Gasteiger partial charge on any atom is 0.449 e. The Hall–Kier alpha value is -2.61. The van der Waals surface area contributed by atoms with Crippen molar-refractivity contribution in [1.29, 1.82) is 0 Å². The van der Waals surface area contributed by atoms with Gasteiger partial charge in [0.25, 0.3) is 0 Å². The average molecular weight is 355 g/mol. The molecule has 24 heavy (non-hydrogen) atoms. The number of nitrogens with one attached hydrogen (secondary N) is 1. The van der Waals surface area contributed by atoms with Gasteiger partial charge >= 0.3 is 6.18 Å². The van der Waals surface area contributed by atoms with E-state index >= 15 is 0 Å². The Balaban J connectivity index is 1.94. The molecule has 9 heteroatoms. The molecule has 124 valence electrons. The topological polar surface area (TPSA) is 59.8 Å². The van der Waals surface area contributed by atoms with Gasteiger partial charge in [0, 0.05) is 6.20 Å². The zero-order valence-corrected chi connectivity index (χ0v) is 12.8. The summed E-state index contributed by atoms with van der Waals surface area (Å²) in [5, 5.41) is 2.50. The third-order valence-corrected chi connectivity index (χ3v) is 3.54. The van der Waals surface area contributed by atoms with Crippen molar-refractivity contribution in [3.8, 4) is 0 Å². The van der Waals surface area contributed by atoms with Crippen molar-refractivity contribution in [3.05, 3.63) is 53.6 Å². The van der Waals surface area contributed by atoms with E-state index in [1.165, 1.54) is 24.4 Å². The molecule has 3 aromatic rings. The number of pyridine rings is 1. The van der Waals surface area contributed by atoms with Crippen LogP contribution in [0.25, 0.3) is 11.0 Å². The molecule has 0 fully saturated rings. The summed E-state index contributed by atoms with van der Waals surface area (Å²) in [5.74, 6) is -1.80. The number of hydrogen-bond donors (Lipinski definition) is 1. The minimum atomic E-state index is -4.68. The van der Waals surface area contributed by atoms with Crippen molar-refractivity contribution in [3.63, 3.8) is 0 Å². The number of carbonyl (C=O) groups excluding carboxylic acids is 1. The van der Waals surface area contributed by atoms with Crippen LogP contribution in [0.15, 0.2) is 42.6 Å². The number of rotatable bonds is 3. The van der Waals surface area contributed by atoms with Gasteiger partial charge in [-0.2, -0.15) is 13.2 Å². The van der Waals surface area contributed by atoms with Gasteiger partial charge in [-0.15, -0.1) is 0 Å². The molecular formula is C15H10ClF3N4O. The molecule has 5 nitrogen and oxygen atoms in total. The van der Waals surface area contributed by atoms with Crippen molar-refractivity contribution in [2.45, 2.75) is 12.7 Å². The lowest BCUT2D eigenvalue weighted by atomic mass is 10.3. The number of anilines is 1. The molecule has 0 bridgehead atoms. The first-order valence-electron chi connectivity index (χ1n) is 6.79. The van der Waals surface area contributed by atoms with Crippen molar-refractivity contribution in [2.24, 2.45) is 0 Å². The number of hydrogen-bond acceptors (Lipinski definition) is 3. The Labute approximate surface area is 139 Å². The van der Waals surface area contributed by atoms with Crippen LogP contribution >= 0.6 is 11.6 Å². The van der Waals surface area contributed by atoms with Gasteiger partial charge in [-0.3, -0.25) is 4.79 Å². The predicted molar refractivity (Wildman–Crippen MR) is 82.6 cm³/mol. The van der Waals surface area contributed by atoms with Crippen LogP contribution in [0.1, 0.15) is 5.82 Å². The van der Waals surface area contributed by atoms with Crippen molar-refractivity contribution < 1.29 is 18.0 Å². The molecule has 1 amide bonds. The summed E-state index contributed by atoms with van der Waals surface area (Å²) in [6.07, 6.45) is -3.24. The van der Waals surface area contributed by atoms with Gasteiger partial charge in [0.15, 0.2) is 5.15 Å². The first kappa shape index (κ1) is 16.3. The maximum atomic E-state index is 13.2. The second-order valence-corrected chi connectivity index (χ2v) is 5.26. The van der Waals surface area contributed by atoms with Gasteiger partial charge < -0.3 is 9.88 Å². The van der Waals surface area contributed by atoms with E-state index in [9.17, 15) is 18.0 Å². The van der Waals surface area contributed by atoms with Crippen molar-refractivity contribution >= 4 is 34.2 Å². The first-order chi connectivity index (χ1) is 11.4. The van der Waals surface area contributed by atoms with Crippen LogP contribution < -0.4 is 5.32 Å². The van der Waals surface area contributed by atoms with Gasteiger partial charge in [-0.1, -0.05) is 23.7 Å². The molecule has 0 atom stereocenters. The van der Waals surface area contributed by atoms with E-state index in [2.05, 4.69) is 15.3 Å². The molecule has 0 spiro atoms. The van der Waals surface area contributed by atoms with Crippen LogP contribution in [0, 0.1) is 0 Å². The number of aromatic nitrogens is 3. The summed E-state index contributed by atoms with van der Waals surface area (Å²) in [7, 11) is 0. The normalized spacial score (nSPS) is 11.7. The van der Waals surface area contributed by atoms with Crippen LogP contribution in [0.5, 0.6) is 0 Å². The maximum absolute atomic E-state index is 13.2. The summed E-state index contributed by atoms with van der Waals surface area (Å²) in [6, 6.07) is 9.14. The molecule has 0 aliphatic rings. The largest absolute Gasteiger partial charge is 0.449 e. The van der Waals surface area contributed by atoms with E-state index in [0.717, 1.165) is 4.57 Å². The average Bonchev–Trinajstić information content (AvgIpc) is 2.89. The van der Waals surface area contributed by atoms with Crippen LogP contribution in [-0.4, -0.2) is 20.4 Å². The Bertz CT molecular complexity index is 907. The fraction of sp³-hybridized carbons (Fsp3) is 0.133. The Kier molecular flexibility index (Phi) is 4.15. The smallest absolute Gasteiger partial charge is 0.322 e. The van der Waals surface area contributed by atoms with Gasteiger partial charge in [0.2, 0.25) is 11.7 Å². The summed E-state index contributed by atoms with van der Waals surface area (Å²) < 4.78 is 40.4. The molecular weight excluding hydrogens is 345 g/mol. The number of nitrogens with zero attached hydrogens (tertiary/aromatic N) is 3. The first-order valence-corrected chi connectivity index (χ1v) is 7.17. The fourth-order valence-corrected chi connectivity index (χ4v) is 2.43.